The second kappa shape index (κ2) is 10.1. The van der Waals surface area contributed by atoms with Crippen LogP contribution in [0.25, 0.3) is 17.2 Å². The summed E-state index contributed by atoms with van der Waals surface area (Å²) in [4.78, 5) is 13.3. The molecule has 0 bridgehead atoms. The molecule has 39 heavy (non-hydrogen) atoms. The number of aromatic nitrogens is 7. The quantitative estimate of drug-likeness (QED) is 0.320. The first-order chi connectivity index (χ1) is 18.8. The van der Waals surface area contributed by atoms with Crippen LogP contribution < -0.4 is 0 Å². The summed E-state index contributed by atoms with van der Waals surface area (Å²) in [6, 6.07) is 7.26. The van der Waals surface area contributed by atoms with E-state index in [1.807, 2.05) is 6.07 Å². The van der Waals surface area contributed by atoms with Gasteiger partial charge >= 0.3 is 0 Å². The first-order valence-electron chi connectivity index (χ1n) is 13.0. The van der Waals surface area contributed by atoms with Crippen LogP contribution in [0.2, 0.25) is 0 Å². The summed E-state index contributed by atoms with van der Waals surface area (Å²) in [6.07, 6.45) is 6.93. The molecular formula is C27H27F2N7O2S. The number of sulfone groups is 1. The molecule has 3 aromatic heterocycles. The largest absolute Gasteiger partial charge is 0.252 e. The fourth-order valence-corrected chi connectivity index (χ4v) is 6.80. The minimum Gasteiger partial charge on any atom is -0.229 e. The van der Waals surface area contributed by atoms with Gasteiger partial charge in [-0.3, -0.25) is 0 Å². The Balaban J connectivity index is 1.25. The van der Waals surface area contributed by atoms with Gasteiger partial charge in [0.25, 0.3) is 5.95 Å². The highest BCUT2D eigenvalue weighted by atomic mass is 32.2. The van der Waals surface area contributed by atoms with Crippen molar-refractivity contribution < 1.29 is 17.2 Å². The third-order valence-electron chi connectivity index (χ3n) is 7.41. The van der Waals surface area contributed by atoms with Gasteiger partial charge in [0.05, 0.1) is 34.2 Å². The van der Waals surface area contributed by atoms with Crippen molar-refractivity contribution in [2.75, 3.05) is 11.5 Å². The van der Waals surface area contributed by atoms with Crippen LogP contribution in [0.15, 0.2) is 42.9 Å². The van der Waals surface area contributed by atoms with E-state index in [1.54, 1.807) is 12.3 Å². The van der Waals surface area contributed by atoms with Gasteiger partial charge in [0.1, 0.15) is 18.0 Å². The molecule has 1 fully saturated rings. The Labute approximate surface area is 224 Å². The number of halogens is 2. The molecule has 1 saturated carbocycles. The molecule has 4 aromatic rings. The molecule has 0 spiro atoms. The summed E-state index contributed by atoms with van der Waals surface area (Å²) in [6.45, 7) is 2.06. The van der Waals surface area contributed by atoms with E-state index in [2.05, 4.69) is 32.2 Å². The minimum absolute atomic E-state index is 0.0168. The second-order valence-corrected chi connectivity index (χ2v) is 12.6. The van der Waals surface area contributed by atoms with Crippen LogP contribution in [-0.4, -0.2) is 54.9 Å². The molecule has 0 saturated heterocycles. The highest BCUT2D eigenvalue weighted by Crippen LogP contribution is 2.41. The average molecular weight is 552 g/mol. The lowest BCUT2D eigenvalue weighted by atomic mass is 9.79. The average Bonchev–Trinajstić information content (AvgIpc) is 3.59. The Kier molecular flexibility index (Phi) is 6.66. The van der Waals surface area contributed by atoms with Gasteiger partial charge in [-0.25, -0.2) is 32.2 Å². The fraction of sp³-hybridized carbons (Fsp3) is 0.407. The molecule has 0 radical (unpaired) electrons. The maximum atomic E-state index is 14.4. The van der Waals surface area contributed by atoms with E-state index in [0.717, 1.165) is 42.6 Å². The highest BCUT2D eigenvalue weighted by Gasteiger charge is 2.31. The summed E-state index contributed by atoms with van der Waals surface area (Å²) < 4.78 is 54.8. The van der Waals surface area contributed by atoms with Gasteiger partial charge in [0.15, 0.2) is 15.7 Å². The van der Waals surface area contributed by atoms with Crippen molar-refractivity contribution in [3.8, 4) is 17.2 Å². The number of nitrogens with zero attached hydrogens (tertiary/aromatic N) is 7. The SMILES string of the molecule is C[C@H]1CCC(c2ccnc(-n3cnc(CCS(=O)(=O)CC4CC4)n3)n2)c2nnc(-c3c(F)cccc3F)cc21. The fourth-order valence-electron chi connectivity index (χ4n) is 5.09. The van der Waals surface area contributed by atoms with Crippen molar-refractivity contribution >= 4 is 9.84 Å². The normalized spacial score (nSPS) is 19.2. The number of aryl methyl sites for hydroxylation is 1. The van der Waals surface area contributed by atoms with Gasteiger partial charge < -0.3 is 0 Å². The van der Waals surface area contributed by atoms with Crippen LogP contribution >= 0.6 is 0 Å². The van der Waals surface area contributed by atoms with E-state index >= 15 is 0 Å². The van der Waals surface area contributed by atoms with Crippen molar-refractivity contribution in [1.82, 2.24) is 34.9 Å². The van der Waals surface area contributed by atoms with Gasteiger partial charge in [-0.1, -0.05) is 13.0 Å². The van der Waals surface area contributed by atoms with Gasteiger partial charge in [-0.15, -0.1) is 10.2 Å². The number of fused-ring (bicyclic) bond motifs is 1. The van der Waals surface area contributed by atoms with Crippen molar-refractivity contribution in [2.45, 2.75) is 50.9 Å². The molecule has 0 N–H and O–H groups in total. The third kappa shape index (κ3) is 5.42. The summed E-state index contributed by atoms with van der Waals surface area (Å²) in [5.74, 6) is -0.125. The second-order valence-electron chi connectivity index (χ2n) is 10.4. The number of benzene rings is 1. The van der Waals surface area contributed by atoms with E-state index in [9.17, 15) is 17.2 Å². The third-order valence-corrected chi connectivity index (χ3v) is 9.22. The van der Waals surface area contributed by atoms with Crippen LogP contribution in [0.5, 0.6) is 0 Å². The van der Waals surface area contributed by atoms with Crippen LogP contribution in [0.3, 0.4) is 0 Å². The van der Waals surface area contributed by atoms with Crippen molar-refractivity contribution in [3.63, 3.8) is 0 Å². The van der Waals surface area contributed by atoms with Gasteiger partial charge in [-0.2, -0.15) is 9.78 Å². The molecule has 2 atom stereocenters. The summed E-state index contributed by atoms with van der Waals surface area (Å²) >= 11 is 0. The summed E-state index contributed by atoms with van der Waals surface area (Å²) in [5.41, 5.74) is 2.30. The zero-order valence-electron chi connectivity index (χ0n) is 21.3. The molecule has 202 valence electrons. The van der Waals surface area contributed by atoms with E-state index in [4.69, 9.17) is 4.98 Å². The standard InChI is InChI=1S/C27H27F2N7O2S/c1-16-5-8-18(26-19(16)13-23(33-34-26)25-20(28)3-2-4-21(25)29)22-9-11-30-27(32-22)36-15-31-24(35-36)10-12-39(37,38)14-17-6-7-17/h2-4,9,11,13,15-18H,5-8,10,12,14H2,1H3/t16-,18?/m0/s1. The maximum Gasteiger partial charge on any atom is 0.252 e. The predicted octanol–water partition coefficient (Wildman–Crippen LogP) is 4.19. The van der Waals surface area contributed by atoms with Crippen molar-refractivity contribution in [2.24, 2.45) is 5.92 Å². The van der Waals surface area contributed by atoms with Gasteiger partial charge in [0, 0.05) is 18.5 Å². The van der Waals surface area contributed by atoms with Gasteiger partial charge in [0.2, 0.25) is 0 Å². The van der Waals surface area contributed by atoms with Crippen LogP contribution in [0.4, 0.5) is 8.78 Å². The first-order valence-corrected chi connectivity index (χ1v) is 14.9. The molecule has 0 aliphatic heterocycles. The Hall–Kier alpha value is -3.67. The molecule has 1 unspecified atom stereocenters. The molecule has 12 heteroatoms. The molecule has 2 aliphatic rings. The predicted molar refractivity (Wildman–Crippen MR) is 139 cm³/mol. The lowest BCUT2D eigenvalue weighted by Gasteiger charge is -2.28. The summed E-state index contributed by atoms with van der Waals surface area (Å²) in [7, 11) is -3.13. The lowest BCUT2D eigenvalue weighted by molar-refractivity contribution is 0.517. The van der Waals surface area contributed by atoms with E-state index in [1.165, 1.54) is 29.2 Å². The first kappa shape index (κ1) is 25.6. The molecule has 3 heterocycles. The molecular weight excluding hydrogens is 524 g/mol. The number of hydrogen-bond acceptors (Lipinski definition) is 8. The highest BCUT2D eigenvalue weighted by molar-refractivity contribution is 7.91. The summed E-state index contributed by atoms with van der Waals surface area (Å²) in [5, 5.41) is 13.0. The Morgan fingerprint density at radius 3 is 2.59 bits per heavy atom. The van der Waals surface area contributed by atoms with Crippen LogP contribution in [0, 0.1) is 17.6 Å². The molecule has 2 aliphatic carbocycles. The zero-order valence-corrected chi connectivity index (χ0v) is 22.2. The molecule has 9 nitrogen and oxygen atoms in total. The Morgan fingerprint density at radius 1 is 1.03 bits per heavy atom. The van der Waals surface area contributed by atoms with E-state index in [-0.39, 0.29) is 41.0 Å². The smallest absolute Gasteiger partial charge is 0.229 e. The monoisotopic (exact) mass is 551 g/mol. The van der Waals surface area contributed by atoms with Crippen molar-refractivity contribution in [3.05, 3.63) is 77.3 Å². The van der Waals surface area contributed by atoms with E-state index < -0.39 is 21.5 Å². The lowest BCUT2D eigenvalue weighted by Crippen LogP contribution is -2.19. The topological polar surface area (TPSA) is 116 Å². The Bertz CT molecular complexity index is 1620. The minimum atomic E-state index is -3.13. The molecule has 1 aromatic carbocycles. The van der Waals surface area contributed by atoms with Gasteiger partial charge in [-0.05, 0) is 67.3 Å². The van der Waals surface area contributed by atoms with E-state index in [0.29, 0.717) is 17.7 Å². The van der Waals surface area contributed by atoms with Crippen molar-refractivity contribution in [1.29, 1.82) is 0 Å². The molecule has 6 rings (SSSR count). The maximum absolute atomic E-state index is 14.4. The van der Waals surface area contributed by atoms with Crippen LogP contribution in [-0.2, 0) is 16.3 Å². The Morgan fingerprint density at radius 2 is 1.82 bits per heavy atom. The molecule has 0 amide bonds. The number of hydrogen-bond donors (Lipinski definition) is 0. The van der Waals surface area contributed by atoms with Crippen LogP contribution in [0.1, 0.15) is 67.2 Å². The number of rotatable bonds is 8. The zero-order chi connectivity index (χ0) is 27.1.